The van der Waals surface area contributed by atoms with Gasteiger partial charge in [-0.3, -0.25) is 9.59 Å². The molecule has 144 valence electrons. The number of alkyl halides is 3. The lowest BCUT2D eigenvalue weighted by molar-refractivity contribution is -0.173. The van der Waals surface area contributed by atoms with Crippen LogP contribution in [0.2, 0.25) is 0 Å². The molecule has 1 aromatic carbocycles. The molecule has 1 heterocycles. The van der Waals surface area contributed by atoms with E-state index in [1.54, 1.807) is 4.90 Å². The molecule has 1 aromatic rings. The number of rotatable bonds is 5. The van der Waals surface area contributed by atoms with Crippen LogP contribution in [0.15, 0.2) is 18.2 Å². The van der Waals surface area contributed by atoms with E-state index in [9.17, 15) is 22.8 Å². The van der Waals surface area contributed by atoms with Gasteiger partial charge in [-0.2, -0.15) is 13.2 Å². The second-order valence-electron chi connectivity index (χ2n) is 6.57. The van der Waals surface area contributed by atoms with Crippen molar-refractivity contribution in [3.05, 3.63) is 29.3 Å². The standard InChI is InChI=1S/C18H23F3N2O3/c1-12-3-4-15(9-13(12)2)26-11-16(24)23-7-5-14(6-8-23)10-22-17(25)18(19,20)21/h3-4,9,14H,5-8,10-11H2,1-2H3,(H,22,25). The van der Waals surface area contributed by atoms with E-state index in [4.69, 9.17) is 4.74 Å². The molecule has 0 aliphatic carbocycles. The number of carbonyl (C=O) groups is 2. The van der Waals surface area contributed by atoms with Crippen LogP contribution in [0.4, 0.5) is 13.2 Å². The summed E-state index contributed by atoms with van der Waals surface area (Å²) in [5.41, 5.74) is 2.22. The maximum Gasteiger partial charge on any atom is 0.471 e. The number of hydrogen-bond donors (Lipinski definition) is 1. The van der Waals surface area contributed by atoms with Crippen LogP contribution in [0.25, 0.3) is 0 Å². The molecule has 8 heteroatoms. The van der Waals surface area contributed by atoms with Crippen molar-refractivity contribution in [3.8, 4) is 5.75 Å². The van der Waals surface area contributed by atoms with Gasteiger partial charge in [0.2, 0.25) is 0 Å². The zero-order chi connectivity index (χ0) is 19.3. The summed E-state index contributed by atoms with van der Waals surface area (Å²) in [6.45, 7) is 4.75. The lowest BCUT2D eigenvalue weighted by Gasteiger charge is -2.32. The average Bonchev–Trinajstić information content (AvgIpc) is 2.60. The number of nitrogens with zero attached hydrogens (tertiary/aromatic N) is 1. The predicted octanol–water partition coefficient (Wildman–Crippen LogP) is 2.60. The fraction of sp³-hybridized carbons (Fsp3) is 0.556. The number of hydrogen-bond acceptors (Lipinski definition) is 3. The molecule has 0 saturated carbocycles. The van der Waals surface area contributed by atoms with Crippen LogP contribution in [0.5, 0.6) is 5.75 Å². The van der Waals surface area contributed by atoms with Gasteiger partial charge in [-0.05, 0) is 55.9 Å². The van der Waals surface area contributed by atoms with Crippen molar-refractivity contribution >= 4 is 11.8 Å². The fourth-order valence-electron chi connectivity index (χ4n) is 2.76. The Morgan fingerprint density at radius 3 is 2.42 bits per heavy atom. The molecule has 1 aliphatic rings. The van der Waals surface area contributed by atoms with Crippen molar-refractivity contribution < 1.29 is 27.5 Å². The third-order valence-corrected chi connectivity index (χ3v) is 4.62. The highest BCUT2D eigenvalue weighted by Gasteiger charge is 2.38. The van der Waals surface area contributed by atoms with E-state index in [1.807, 2.05) is 37.4 Å². The second kappa shape index (κ2) is 8.42. The van der Waals surface area contributed by atoms with Gasteiger partial charge < -0.3 is 15.0 Å². The van der Waals surface area contributed by atoms with Crippen molar-refractivity contribution in [1.82, 2.24) is 10.2 Å². The molecule has 26 heavy (non-hydrogen) atoms. The summed E-state index contributed by atoms with van der Waals surface area (Å²) in [6.07, 6.45) is -3.76. The second-order valence-corrected chi connectivity index (χ2v) is 6.57. The van der Waals surface area contributed by atoms with Crippen molar-refractivity contribution in [2.45, 2.75) is 32.9 Å². The van der Waals surface area contributed by atoms with Gasteiger partial charge in [0, 0.05) is 19.6 Å². The molecule has 1 saturated heterocycles. The van der Waals surface area contributed by atoms with Gasteiger partial charge >= 0.3 is 12.1 Å². The summed E-state index contributed by atoms with van der Waals surface area (Å²) in [7, 11) is 0. The molecule has 0 spiro atoms. The Hall–Kier alpha value is -2.25. The minimum atomic E-state index is -4.86. The topological polar surface area (TPSA) is 58.6 Å². The molecule has 0 aromatic heterocycles. The highest BCUT2D eigenvalue weighted by atomic mass is 19.4. The fourth-order valence-corrected chi connectivity index (χ4v) is 2.76. The van der Waals surface area contributed by atoms with Crippen LogP contribution in [0.1, 0.15) is 24.0 Å². The molecule has 0 bridgehead atoms. The lowest BCUT2D eigenvalue weighted by Crippen LogP contribution is -2.45. The first-order valence-corrected chi connectivity index (χ1v) is 8.49. The third-order valence-electron chi connectivity index (χ3n) is 4.62. The molecular formula is C18H23F3N2O3. The van der Waals surface area contributed by atoms with Crippen molar-refractivity contribution in [3.63, 3.8) is 0 Å². The van der Waals surface area contributed by atoms with E-state index in [1.165, 1.54) is 0 Å². The number of carbonyl (C=O) groups excluding carboxylic acids is 2. The molecule has 2 rings (SSSR count). The molecule has 1 fully saturated rings. The van der Waals surface area contributed by atoms with E-state index in [0.29, 0.717) is 31.7 Å². The minimum absolute atomic E-state index is 0.0283. The van der Waals surface area contributed by atoms with Crippen molar-refractivity contribution in [2.75, 3.05) is 26.2 Å². The number of ether oxygens (including phenoxy) is 1. The van der Waals surface area contributed by atoms with E-state index in [2.05, 4.69) is 0 Å². The van der Waals surface area contributed by atoms with E-state index in [0.717, 1.165) is 11.1 Å². The highest BCUT2D eigenvalue weighted by molar-refractivity contribution is 5.81. The zero-order valence-electron chi connectivity index (χ0n) is 14.9. The molecular weight excluding hydrogens is 349 g/mol. The van der Waals surface area contributed by atoms with Gasteiger partial charge in [-0.15, -0.1) is 0 Å². The molecule has 0 atom stereocenters. The Morgan fingerprint density at radius 2 is 1.85 bits per heavy atom. The maximum absolute atomic E-state index is 12.2. The number of nitrogens with one attached hydrogen (secondary N) is 1. The Balaban J connectivity index is 1.72. The van der Waals surface area contributed by atoms with Gasteiger partial charge in [0.05, 0.1) is 0 Å². The van der Waals surface area contributed by atoms with E-state index in [-0.39, 0.29) is 25.0 Å². The van der Waals surface area contributed by atoms with E-state index >= 15 is 0 Å². The van der Waals surface area contributed by atoms with Crippen LogP contribution in [-0.2, 0) is 9.59 Å². The average molecular weight is 372 g/mol. The van der Waals surface area contributed by atoms with Crippen LogP contribution in [0, 0.1) is 19.8 Å². The summed E-state index contributed by atoms with van der Waals surface area (Å²) in [4.78, 5) is 24.7. The third kappa shape index (κ3) is 5.64. The number of aryl methyl sites for hydroxylation is 2. The number of benzene rings is 1. The van der Waals surface area contributed by atoms with Crippen LogP contribution in [-0.4, -0.2) is 49.1 Å². The van der Waals surface area contributed by atoms with Gasteiger partial charge in [-0.25, -0.2) is 0 Å². The quantitative estimate of drug-likeness (QED) is 0.864. The molecule has 0 radical (unpaired) electrons. The number of amides is 2. The molecule has 0 unspecified atom stereocenters. The predicted molar refractivity (Wildman–Crippen MR) is 89.8 cm³/mol. The first-order valence-electron chi connectivity index (χ1n) is 8.49. The van der Waals surface area contributed by atoms with Crippen molar-refractivity contribution in [1.29, 1.82) is 0 Å². The number of likely N-dealkylation sites (tertiary alicyclic amines) is 1. The Kier molecular flexibility index (Phi) is 6.50. The largest absolute Gasteiger partial charge is 0.484 e. The summed E-state index contributed by atoms with van der Waals surface area (Å²) in [6, 6.07) is 5.61. The Morgan fingerprint density at radius 1 is 1.19 bits per heavy atom. The first-order chi connectivity index (χ1) is 12.2. The Bertz CT molecular complexity index is 654. The van der Waals surface area contributed by atoms with Gasteiger partial charge in [0.15, 0.2) is 6.61 Å². The minimum Gasteiger partial charge on any atom is -0.484 e. The van der Waals surface area contributed by atoms with Gasteiger partial charge in [0.25, 0.3) is 5.91 Å². The number of piperidine rings is 1. The molecule has 5 nitrogen and oxygen atoms in total. The van der Waals surface area contributed by atoms with Crippen molar-refractivity contribution in [2.24, 2.45) is 5.92 Å². The zero-order valence-corrected chi connectivity index (χ0v) is 14.9. The SMILES string of the molecule is Cc1ccc(OCC(=O)N2CCC(CNC(=O)C(F)(F)F)CC2)cc1C. The molecule has 2 amide bonds. The van der Waals surface area contributed by atoms with Gasteiger partial charge in [0.1, 0.15) is 5.75 Å². The smallest absolute Gasteiger partial charge is 0.471 e. The van der Waals surface area contributed by atoms with Crippen LogP contribution < -0.4 is 10.1 Å². The molecule has 1 aliphatic heterocycles. The first kappa shape index (κ1) is 20.1. The summed E-state index contributed by atoms with van der Waals surface area (Å²) >= 11 is 0. The summed E-state index contributed by atoms with van der Waals surface area (Å²) in [5.74, 6) is -1.50. The summed E-state index contributed by atoms with van der Waals surface area (Å²) in [5, 5.41) is 1.90. The lowest BCUT2D eigenvalue weighted by atomic mass is 9.97. The monoisotopic (exact) mass is 372 g/mol. The van der Waals surface area contributed by atoms with Crippen LogP contribution >= 0.6 is 0 Å². The molecule has 1 N–H and O–H groups in total. The maximum atomic E-state index is 12.2. The van der Waals surface area contributed by atoms with Gasteiger partial charge in [-0.1, -0.05) is 6.07 Å². The normalized spacial score (nSPS) is 15.7. The summed E-state index contributed by atoms with van der Waals surface area (Å²) < 4.78 is 42.0. The number of halogens is 3. The highest BCUT2D eigenvalue weighted by Crippen LogP contribution is 2.20. The van der Waals surface area contributed by atoms with Crippen LogP contribution in [0.3, 0.4) is 0 Å². The van der Waals surface area contributed by atoms with E-state index < -0.39 is 12.1 Å². The Labute approximate surface area is 150 Å².